The SMILES string of the molecule is COc1ccc(CC2CCN(C(=O)C3=CC=CN(C)C3)CC2)cc1OC1CCCC1.I. The van der Waals surface area contributed by atoms with Crippen molar-refractivity contribution in [3.05, 3.63) is 47.7 Å². The monoisotopic (exact) mass is 538 g/mol. The summed E-state index contributed by atoms with van der Waals surface area (Å²) in [6.07, 6.45) is 14.2. The van der Waals surface area contributed by atoms with Crippen molar-refractivity contribution in [3.8, 4) is 11.5 Å². The van der Waals surface area contributed by atoms with Crippen LogP contribution < -0.4 is 9.47 Å². The topological polar surface area (TPSA) is 42.0 Å². The number of hydrogen-bond acceptors (Lipinski definition) is 4. The number of likely N-dealkylation sites (N-methyl/N-ethyl adjacent to an activating group) is 1. The number of likely N-dealkylation sites (tertiary alicyclic amines) is 1. The minimum absolute atomic E-state index is 0. The number of nitrogens with zero attached hydrogens (tertiary/aromatic N) is 2. The highest BCUT2D eigenvalue weighted by atomic mass is 127. The van der Waals surface area contributed by atoms with Gasteiger partial charge < -0.3 is 19.3 Å². The Kier molecular flexibility index (Phi) is 8.69. The standard InChI is InChI=1S/C25H34N2O3.HI/c1-26-13-5-6-21(18-26)25(28)27-14-11-19(12-15-27)16-20-9-10-23(29-2)24(17-20)30-22-7-3-4-8-22;/h5-6,9-10,13,17,19,22H,3-4,7-8,11-12,14-16,18H2,1-2H3;1H. The average Bonchev–Trinajstić information content (AvgIpc) is 3.27. The number of piperidine rings is 1. The van der Waals surface area contributed by atoms with E-state index < -0.39 is 0 Å². The number of carbonyl (C=O) groups is 1. The van der Waals surface area contributed by atoms with Crippen molar-refractivity contribution in [3.63, 3.8) is 0 Å². The van der Waals surface area contributed by atoms with Gasteiger partial charge in [0.1, 0.15) is 0 Å². The first kappa shape index (κ1) is 24.0. The van der Waals surface area contributed by atoms with Crippen LogP contribution in [0.2, 0.25) is 0 Å². The normalized spacial score (nSPS) is 19.7. The van der Waals surface area contributed by atoms with Crippen LogP contribution in [0.4, 0.5) is 0 Å². The second kappa shape index (κ2) is 11.2. The molecule has 31 heavy (non-hydrogen) atoms. The van der Waals surface area contributed by atoms with Crippen molar-refractivity contribution in [2.45, 2.75) is 51.0 Å². The van der Waals surface area contributed by atoms with Crippen LogP contribution in [-0.2, 0) is 11.2 Å². The molecule has 2 fully saturated rings. The van der Waals surface area contributed by atoms with Crippen LogP contribution in [0.1, 0.15) is 44.1 Å². The van der Waals surface area contributed by atoms with Crippen LogP contribution in [0.15, 0.2) is 42.1 Å². The van der Waals surface area contributed by atoms with E-state index in [1.807, 2.05) is 36.4 Å². The van der Waals surface area contributed by atoms with Gasteiger partial charge in [0, 0.05) is 32.3 Å². The van der Waals surface area contributed by atoms with E-state index in [1.54, 1.807) is 7.11 Å². The predicted molar refractivity (Wildman–Crippen MR) is 134 cm³/mol. The van der Waals surface area contributed by atoms with E-state index in [9.17, 15) is 4.79 Å². The molecule has 2 aliphatic heterocycles. The van der Waals surface area contributed by atoms with Crippen molar-refractivity contribution < 1.29 is 14.3 Å². The van der Waals surface area contributed by atoms with Crippen molar-refractivity contribution in [2.24, 2.45) is 5.92 Å². The van der Waals surface area contributed by atoms with Crippen molar-refractivity contribution in [1.82, 2.24) is 9.80 Å². The molecule has 6 heteroatoms. The number of hydrogen-bond donors (Lipinski definition) is 0. The van der Waals surface area contributed by atoms with Gasteiger partial charge in [-0.15, -0.1) is 24.0 Å². The van der Waals surface area contributed by atoms with E-state index in [4.69, 9.17) is 9.47 Å². The van der Waals surface area contributed by atoms with Gasteiger partial charge in [-0.05, 0) is 80.8 Å². The molecule has 0 spiro atoms. The third-order valence-corrected chi connectivity index (χ3v) is 6.58. The molecule has 0 unspecified atom stereocenters. The van der Waals surface area contributed by atoms with Gasteiger partial charge in [0.2, 0.25) is 0 Å². The zero-order chi connectivity index (χ0) is 20.9. The first-order valence-corrected chi connectivity index (χ1v) is 11.3. The van der Waals surface area contributed by atoms with Gasteiger partial charge in [0.15, 0.2) is 11.5 Å². The minimum Gasteiger partial charge on any atom is -0.493 e. The van der Waals surface area contributed by atoms with Gasteiger partial charge >= 0.3 is 0 Å². The molecule has 4 rings (SSSR count). The summed E-state index contributed by atoms with van der Waals surface area (Å²) in [5, 5.41) is 0. The summed E-state index contributed by atoms with van der Waals surface area (Å²) >= 11 is 0. The fourth-order valence-corrected chi connectivity index (χ4v) is 4.82. The van der Waals surface area contributed by atoms with Gasteiger partial charge in [-0.3, -0.25) is 4.79 Å². The first-order valence-electron chi connectivity index (χ1n) is 11.3. The van der Waals surface area contributed by atoms with Gasteiger partial charge in [0.05, 0.1) is 13.2 Å². The van der Waals surface area contributed by atoms with Gasteiger partial charge in [0.25, 0.3) is 5.91 Å². The van der Waals surface area contributed by atoms with Crippen LogP contribution in [0.3, 0.4) is 0 Å². The molecule has 5 nitrogen and oxygen atoms in total. The smallest absolute Gasteiger partial charge is 0.251 e. The van der Waals surface area contributed by atoms with Crippen molar-refractivity contribution in [2.75, 3.05) is 33.8 Å². The summed E-state index contributed by atoms with van der Waals surface area (Å²) in [6.45, 7) is 2.39. The van der Waals surface area contributed by atoms with E-state index in [2.05, 4.69) is 17.0 Å². The van der Waals surface area contributed by atoms with Gasteiger partial charge in [-0.25, -0.2) is 0 Å². The highest BCUT2D eigenvalue weighted by Gasteiger charge is 2.26. The highest BCUT2D eigenvalue weighted by molar-refractivity contribution is 14.0. The number of carbonyl (C=O) groups excluding carboxylic acids is 1. The molecule has 1 aliphatic carbocycles. The Bertz CT molecular complexity index is 809. The Hall–Kier alpha value is -1.70. The Morgan fingerprint density at radius 3 is 2.52 bits per heavy atom. The van der Waals surface area contributed by atoms with Crippen LogP contribution >= 0.6 is 24.0 Å². The van der Waals surface area contributed by atoms with Crippen LogP contribution in [0, 0.1) is 5.92 Å². The highest BCUT2D eigenvalue weighted by Crippen LogP contribution is 2.34. The third-order valence-electron chi connectivity index (χ3n) is 6.58. The Balaban J connectivity index is 0.00000272. The number of halogens is 1. The molecule has 0 aromatic heterocycles. The zero-order valence-electron chi connectivity index (χ0n) is 18.7. The average molecular weight is 538 g/mol. The van der Waals surface area contributed by atoms with E-state index in [0.29, 0.717) is 18.6 Å². The van der Waals surface area contributed by atoms with Crippen LogP contribution in [0.5, 0.6) is 11.5 Å². The third kappa shape index (κ3) is 6.18. The molecule has 0 bridgehead atoms. The van der Waals surface area contributed by atoms with Crippen molar-refractivity contribution >= 4 is 29.9 Å². The number of benzene rings is 1. The molecule has 0 atom stereocenters. The first-order chi connectivity index (χ1) is 14.6. The summed E-state index contributed by atoms with van der Waals surface area (Å²) in [7, 11) is 3.71. The Labute approximate surface area is 203 Å². The molecule has 1 saturated carbocycles. The second-order valence-electron chi connectivity index (χ2n) is 8.90. The molecule has 0 radical (unpaired) electrons. The summed E-state index contributed by atoms with van der Waals surface area (Å²) in [4.78, 5) is 16.9. The fourth-order valence-electron chi connectivity index (χ4n) is 4.82. The molecule has 170 valence electrons. The van der Waals surface area contributed by atoms with Crippen molar-refractivity contribution in [1.29, 1.82) is 0 Å². The van der Waals surface area contributed by atoms with Gasteiger partial charge in [-0.1, -0.05) is 12.1 Å². The summed E-state index contributed by atoms with van der Waals surface area (Å²) in [6, 6.07) is 6.37. The Morgan fingerprint density at radius 2 is 1.84 bits per heavy atom. The summed E-state index contributed by atoms with van der Waals surface area (Å²) in [5.74, 6) is 2.51. The fraction of sp³-hybridized carbons (Fsp3) is 0.560. The molecule has 1 aromatic carbocycles. The van der Waals surface area contributed by atoms with E-state index in [-0.39, 0.29) is 29.9 Å². The predicted octanol–water partition coefficient (Wildman–Crippen LogP) is 4.80. The largest absolute Gasteiger partial charge is 0.493 e. The van der Waals surface area contributed by atoms with E-state index in [0.717, 1.165) is 62.3 Å². The number of ether oxygens (including phenoxy) is 2. The molecule has 3 aliphatic rings. The lowest BCUT2D eigenvalue weighted by Gasteiger charge is -2.33. The lowest BCUT2D eigenvalue weighted by Crippen LogP contribution is -2.41. The molecule has 1 aromatic rings. The molecule has 2 heterocycles. The molecule has 1 amide bonds. The molecule has 0 N–H and O–H groups in total. The number of methoxy groups -OCH3 is 1. The zero-order valence-corrected chi connectivity index (χ0v) is 21.0. The number of amides is 1. The minimum atomic E-state index is 0. The maximum Gasteiger partial charge on any atom is 0.251 e. The maximum absolute atomic E-state index is 12.8. The molecule has 1 saturated heterocycles. The molecular formula is C25H35IN2O3. The number of rotatable bonds is 6. The second-order valence-corrected chi connectivity index (χ2v) is 8.90. The van der Waals surface area contributed by atoms with Crippen LogP contribution in [-0.4, -0.2) is 55.6 Å². The summed E-state index contributed by atoms with van der Waals surface area (Å²) < 4.78 is 11.8. The lowest BCUT2D eigenvalue weighted by atomic mass is 9.89. The summed E-state index contributed by atoms with van der Waals surface area (Å²) in [5.41, 5.74) is 2.19. The quantitative estimate of drug-likeness (QED) is 0.488. The lowest BCUT2D eigenvalue weighted by molar-refractivity contribution is -0.128. The molecular weight excluding hydrogens is 503 g/mol. The number of allylic oxidation sites excluding steroid dienone is 2. The Morgan fingerprint density at radius 1 is 1.10 bits per heavy atom. The van der Waals surface area contributed by atoms with E-state index in [1.165, 1.54) is 18.4 Å². The maximum atomic E-state index is 12.8. The van der Waals surface area contributed by atoms with E-state index >= 15 is 0 Å². The van der Waals surface area contributed by atoms with Gasteiger partial charge in [-0.2, -0.15) is 0 Å². The van der Waals surface area contributed by atoms with Crippen LogP contribution in [0.25, 0.3) is 0 Å².